The van der Waals surface area contributed by atoms with Crippen molar-refractivity contribution >= 4 is 0 Å². The first-order valence-electron chi connectivity index (χ1n) is 2.24. The van der Waals surface area contributed by atoms with Gasteiger partial charge in [0.15, 0.2) is 0 Å². The van der Waals surface area contributed by atoms with Gasteiger partial charge in [-0.2, -0.15) is 0 Å². The third-order valence-corrected chi connectivity index (χ3v) is 0.866. The number of hydrogen-bond acceptors (Lipinski definition) is 2. The Hall–Kier alpha value is -0.500. The van der Waals surface area contributed by atoms with Crippen LogP contribution < -0.4 is 0 Å². The Morgan fingerprint density at radius 3 is 2.86 bits per heavy atom. The van der Waals surface area contributed by atoms with Crippen molar-refractivity contribution < 1.29 is 9.47 Å². The predicted molar refractivity (Wildman–Crippen MR) is 25.9 cm³/mol. The van der Waals surface area contributed by atoms with Gasteiger partial charge in [-0.25, -0.2) is 0 Å². The average molecular weight is 100 g/mol. The molecule has 0 spiro atoms. The Morgan fingerprint density at radius 1 is 2.00 bits per heavy atom. The Kier molecular flexibility index (Phi) is 1.32. The first-order chi connectivity index (χ1) is 3.43. The minimum atomic E-state index is 0.625. The molecule has 0 atom stereocenters. The first kappa shape index (κ1) is 4.65. The summed E-state index contributed by atoms with van der Waals surface area (Å²) in [5, 5.41) is 0. The quantitative estimate of drug-likeness (QED) is 0.504. The van der Waals surface area contributed by atoms with Gasteiger partial charge in [-0.15, -0.1) is 0 Å². The van der Waals surface area contributed by atoms with Gasteiger partial charge in [0.05, 0.1) is 0 Å². The Bertz CT molecular complexity index is 86.1. The first-order valence-corrected chi connectivity index (χ1v) is 2.24. The van der Waals surface area contributed by atoms with E-state index in [9.17, 15) is 0 Å². The normalized spacial score (nSPS) is 17.0. The number of hydrogen-bond donors (Lipinski definition) is 0. The second-order valence-corrected chi connectivity index (χ2v) is 1.41. The van der Waals surface area contributed by atoms with E-state index >= 15 is 0 Å². The molecular weight excluding hydrogens is 92.1 g/mol. The van der Waals surface area contributed by atoms with Crippen molar-refractivity contribution in [2.24, 2.45) is 0 Å². The average Bonchev–Trinajstić information content (AvgIpc) is 1.55. The second-order valence-electron chi connectivity index (χ2n) is 1.41. The van der Waals surface area contributed by atoms with Crippen molar-refractivity contribution in [2.45, 2.75) is 0 Å². The Morgan fingerprint density at radius 2 is 2.71 bits per heavy atom. The molecule has 0 N–H and O–H groups in total. The molecule has 0 aliphatic carbocycles. The number of rotatable bonds is 2. The molecule has 1 aliphatic rings. The van der Waals surface area contributed by atoms with Crippen molar-refractivity contribution in [3.05, 3.63) is 11.8 Å². The summed E-state index contributed by atoms with van der Waals surface area (Å²) in [7, 11) is 1.66. The van der Waals surface area contributed by atoms with Crippen LogP contribution in [0.1, 0.15) is 0 Å². The summed E-state index contributed by atoms with van der Waals surface area (Å²) in [5.74, 6) is 0.961. The zero-order chi connectivity index (χ0) is 5.11. The van der Waals surface area contributed by atoms with Gasteiger partial charge in [-0.1, -0.05) is 0 Å². The van der Waals surface area contributed by atoms with Gasteiger partial charge < -0.3 is 9.47 Å². The van der Waals surface area contributed by atoms with Crippen LogP contribution in [0.15, 0.2) is 11.8 Å². The van der Waals surface area contributed by atoms with Gasteiger partial charge in [0.2, 0.25) is 0 Å². The molecule has 1 aliphatic heterocycles. The lowest BCUT2D eigenvalue weighted by Gasteiger charge is -2.14. The van der Waals surface area contributed by atoms with Crippen LogP contribution >= 0.6 is 0 Å². The van der Waals surface area contributed by atoms with Crippen LogP contribution in [0.25, 0.3) is 0 Å². The van der Waals surface area contributed by atoms with E-state index in [4.69, 9.17) is 9.47 Å². The highest BCUT2D eigenvalue weighted by Crippen LogP contribution is 2.06. The van der Waals surface area contributed by atoms with E-state index in [1.54, 1.807) is 7.11 Å². The summed E-state index contributed by atoms with van der Waals surface area (Å²) in [6.45, 7) is 1.39. The summed E-state index contributed by atoms with van der Waals surface area (Å²) >= 11 is 0. The molecule has 1 heterocycles. The molecule has 0 unspecified atom stereocenters. The summed E-state index contributed by atoms with van der Waals surface area (Å²) in [5.41, 5.74) is 0. The molecule has 1 rings (SSSR count). The van der Waals surface area contributed by atoms with Gasteiger partial charge in [-0.3, -0.25) is 0 Å². The summed E-state index contributed by atoms with van der Waals surface area (Å²) in [4.78, 5) is 0. The van der Waals surface area contributed by atoms with Gasteiger partial charge in [0.1, 0.15) is 19.0 Å². The van der Waals surface area contributed by atoms with E-state index in [0.29, 0.717) is 6.61 Å². The molecule has 7 heavy (non-hydrogen) atoms. The van der Waals surface area contributed by atoms with Gasteiger partial charge in [-0.05, 0) is 6.08 Å². The fraction of sp³-hybridized carbons (Fsp3) is 0.600. The number of methoxy groups -OCH3 is 1. The van der Waals surface area contributed by atoms with Crippen molar-refractivity contribution in [1.29, 1.82) is 0 Å². The molecule has 0 saturated heterocycles. The van der Waals surface area contributed by atoms with E-state index in [2.05, 4.69) is 0 Å². The van der Waals surface area contributed by atoms with Crippen molar-refractivity contribution in [3.8, 4) is 0 Å². The van der Waals surface area contributed by atoms with E-state index in [1.807, 2.05) is 6.08 Å². The highest BCUT2D eigenvalue weighted by atomic mass is 16.5. The van der Waals surface area contributed by atoms with Crippen molar-refractivity contribution in [1.82, 2.24) is 0 Å². The van der Waals surface area contributed by atoms with E-state index in [0.717, 1.165) is 12.4 Å². The molecule has 0 fully saturated rings. The van der Waals surface area contributed by atoms with Crippen molar-refractivity contribution in [2.75, 3.05) is 20.3 Å². The van der Waals surface area contributed by atoms with Crippen molar-refractivity contribution in [3.63, 3.8) is 0 Å². The fourth-order valence-corrected chi connectivity index (χ4v) is 0.444. The minimum Gasteiger partial charge on any atom is -0.491 e. The highest BCUT2D eigenvalue weighted by molar-refractivity contribution is 5.01. The van der Waals surface area contributed by atoms with Crippen LogP contribution in [0, 0.1) is 0 Å². The standard InChI is InChI=1S/C5H8O2/c1-6-4-5-2-3-7-5/h2H,3-4H2,1H3. The molecule has 40 valence electrons. The topological polar surface area (TPSA) is 18.5 Å². The molecule has 2 heteroatoms. The molecule has 0 aromatic rings. The summed E-state index contributed by atoms with van der Waals surface area (Å²) in [6, 6.07) is 0. The highest BCUT2D eigenvalue weighted by Gasteiger charge is 2.03. The van der Waals surface area contributed by atoms with Gasteiger partial charge in [0.25, 0.3) is 0 Å². The Labute approximate surface area is 42.7 Å². The molecule has 0 bridgehead atoms. The van der Waals surface area contributed by atoms with Crippen LogP contribution in [0.5, 0.6) is 0 Å². The maximum absolute atomic E-state index is 4.91. The third-order valence-electron chi connectivity index (χ3n) is 0.866. The molecule has 0 saturated carbocycles. The monoisotopic (exact) mass is 100 g/mol. The Balaban J connectivity index is 2.15. The maximum Gasteiger partial charge on any atom is 0.121 e. The maximum atomic E-state index is 4.91. The number of ether oxygens (including phenoxy) is 2. The van der Waals surface area contributed by atoms with E-state index in [1.165, 1.54) is 0 Å². The zero-order valence-electron chi connectivity index (χ0n) is 4.31. The largest absolute Gasteiger partial charge is 0.491 e. The minimum absolute atomic E-state index is 0.625. The van der Waals surface area contributed by atoms with Crippen LogP contribution in [0.3, 0.4) is 0 Å². The van der Waals surface area contributed by atoms with Crippen LogP contribution in [0.4, 0.5) is 0 Å². The lowest BCUT2D eigenvalue weighted by atomic mass is 10.4. The molecule has 0 amide bonds. The van der Waals surface area contributed by atoms with Gasteiger partial charge >= 0.3 is 0 Å². The predicted octanol–water partition coefficient (Wildman–Crippen LogP) is 0.547. The smallest absolute Gasteiger partial charge is 0.121 e. The second kappa shape index (κ2) is 1.98. The van der Waals surface area contributed by atoms with Crippen LogP contribution in [-0.2, 0) is 9.47 Å². The fourth-order valence-electron chi connectivity index (χ4n) is 0.444. The molecule has 2 nitrogen and oxygen atoms in total. The van der Waals surface area contributed by atoms with Crippen LogP contribution in [0.2, 0.25) is 0 Å². The lowest BCUT2D eigenvalue weighted by Crippen LogP contribution is -2.09. The van der Waals surface area contributed by atoms with Crippen LogP contribution in [-0.4, -0.2) is 20.3 Å². The molecule has 0 aromatic heterocycles. The summed E-state index contributed by atoms with van der Waals surface area (Å²) in [6.07, 6.45) is 2.00. The zero-order valence-corrected chi connectivity index (χ0v) is 4.31. The third kappa shape index (κ3) is 0.933. The summed E-state index contributed by atoms with van der Waals surface area (Å²) < 4.78 is 9.66. The molecule has 0 aromatic carbocycles. The SMILES string of the molecule is COCC1=CCO1. The molecular formula is C5H8O2. The van der Waals surface area contributed by atoms with E-state index in [-0.39, 0.29) is 0 Å². The van der Waals surface area contributed by atoms with E-state index < -0.39 is 0 Å². The molecule has 0 radical (unpaired) electrons. The lowest BCUT2D eigenvalue weighted by molar-refractivity contribution is 0.115. The van der Waals surface area contributed by atoms with Gasteiger partial charge in [0, 0.05) is 7.11 Å².